The van der Waals surface area contributed by atoms with Crippen molar-refractivity contribution in [3.63, 3.8) is 0 Å². The van der Waals surface area contributed by atoms with E-state index in [1.54, 1.807) is 20.8 Å². The standard InChI is InChI=1S/C12H22N2O5/c1-5-8-12(4,9-15)14(11(17)19-7-3)13-10(16)18-6-2/h9H,5-8H2,1-4H3,(H,13,16). The van der Waals surface area contributed by atoms with E-state index in [-0.39, 0.29) is 13.2 Å². The van der Waals surface area contributed by atoms with Gasteiger partial charge in [-0.1, -0.05) is 13.3 Å². The van der Waals surface area contributed by atoms with Crippen molar-refractivity contribution in [1.29, 1.82) is 0 Å². The Hall–Kier alpha value is -1.79. The van der Waals surface area contributed by atoms with Gasteiger partial charge >= 0.3 is 12.2 Å². The fourth-order valence-electron chi connectivity index (χ4n) is 1.55. The molecule has 0 saturated heterocycles. The number of ether oxygens (including phenoxy) is 2. The van der Waals surface area contributed by atoms with E-state index in [1.165, 1.54) is 0 Å². The van der Waals surface area contributed by atoms with Gasteiger partial charge in [0.05, 0.1) is 13.2 Å². The summed E-state index contributed by atoms with van der Waals surface area (Å²) in [6, 6.07) is 0. The van der Waals surface area contributed by atoms with Gasteiger partial charge in [0, 0.05) is 0 Å². The number of aldehydes is 1. The Morgan fingerprint density at radius 1 is 1.21 bits per heavy atom. The molecule has 1 atom stereocenters. The van der Waals surface area contributed by atoms with Crippen LogP contribution in [0.4, 0.5) is 9.59 Å². The Kier molecular flexibility index (Phi) is 7.55. The van der Waals surface area contributed by atoms with E-state index in [2.05, 4.69) is 5.43 Å². The van der Waals surface area contributed by atoms with E-state index < -0.39 is 17.7 Å². The fraction of sp³-hybridized carbons (Fsp3) is 0.750. The largest absolute Gasteiger partial charge is 0.449 e. The predicted octanol–water partition coefficient (Wildman–Crippen LogP) is 1.86. The minimum atomic E-state index is -1.17. The smallest absolute Gasteiger partial charge is 0.429 e. The maximum Gasteiger partial charge on any atom is 0.429 e. The quantitative estimate of drug-likeness (QED) is 0.590. The van der Waals surface area contributed by atoms with Gasteiger partial charge in [-0.05, 0) is 27.2 Å². The Morgan fingerprint density at radius 2 is 1.79 bits per heavy atom. The Labute approximate surface area is 113 Å². The van der Waals surface area contributed by atoms with Crippen LogP contribution in [0.15, 0.2) is 0 Å². The van der Waals surface area contributed by atoms with E-state index in [0.717, 1.165) is 5.01 Å². The zero-order valence-corrected chi connectivity index (χ0v) is 11.9. The highest BCUT2D eigenvalue weighted by Gasteiger charge is 2.37. The van der Waals surface area contributed by atoms with Crippen molar-refractivity contribution >= 4 is 18.5 Å². The van der Waals surface area contributed by atoms with Crippen LogP contribution in [0.3, 0.4) is 0 Å². The molecule has 0 radical (unpaired) electrons. The van der Waals surface area contributed by atoms with Crippen molar-refractivity contribution in [3.05, 3.63) is 0 Å². The second-order valence-electron chi connectivity index (χ2n) is 4.09. The molecule has 19 heavy (non-hydrogen) atoms. The van der Waals surface area contributed by atoms with Crippen molar-refractivity contribution in [2.24, 2.45) is 0 Å². The SMILES string of the molecule is CCCC(C)(C=O)N(NC(=O)OCC)C(=O)OCC. The van der Waals surface area contributed by atoms with Gasteiger partial charge in [-0.15, -0.1) is 0 Å². The molecule has 0 aliphatic heterocycles. The summed E-state index contributed by atoms with van der Waals surface area (Å²) in [4.78, 5) is 34.5. The summed E-state index contributed by atoms with van der Waals surface area (Å²) in [7, 11) is 0. The Morgan fingerprint density at radius 3 is 2.21 bits per heavy atom. The Bertz CT molecular complexity index is 321. The number of carbonyl (C=O) groups is 3. The molecule has 2 amide bonds. The van der Waals surface area contributed by atoms with E-state index in [1.807, 2.05) is 6.92 Å². The lowest BCUT2D eigenvalue weighted by molar-refractivity contribution is -0.119. The van der Waals surface area contributed by atoms with Gasteiger partial charge in [-0.3, -0.25) is 0 Å². The molecular weight excluding hydrogens is 252 g/mol. The highest BCUT2D eigenvalue weighted by molar-refractivity contribution is 5.79. The first-order valence-electron chi connectivity index (χ1n) is 6.31. The molecule has 0 aromatic carbocycles. The summed E-state index contributed by atoms with van der Waals surface area (Å²) >= 11 is 0. The van der Waals surface area contributed by atoms with E-state index in [9.17, 15) is 14.4 Å². The minimum Gasteiger partial charge on any atom is -0.449 e. The molecule has 1 N–H and O–H groups in total. The second-order valence-corrected chi connectivity index (χ2v) is 4.09. The molecule has 0 bridgehead atoms. The van der Waals surface area contributed by atoms with Crippen LogP contribution in [0.5, 0.6) is 0 Å². The molecule has 0 aromatic rings. The van der Waals surface area contributed by atoms with Gasteiger partial charge in [-0.2, -0.15) is 0 Å². The van der Waals surface area contributed by atoms with Crippen LogP contribution in [0.25, 0.3) is 0 Å². The lowest BCUT2D eigenvalue weighted by Crippen LogP contribution is -2.59. The summed E-state index contributed by atoms with van der Waals surface area (Å²) < 4.78 is 9.54. The minimum absolute atomic E-state index is 0.140. The van der Waals surface area contributed by atoms with Crippen LogP contribution in [-0.2, 0) is 14.3 Å². The van der Waals surface area contributed by atoms with Gasteiger partial charge in [0.15, 0.2) is 0 Å². The summed E-state index contributed by atoms with van der Waals surface area (Å²) in [6.07, 6.45) is 0.0649. The number of hydrazine groups is 1. The van der Waals surface area contributed by atoms with Gasteiger partial charge in [0.1, 0.15) is 11.8 Å². The van der Waals surface area contributed by atoms with Crippen LogP contribution in [0.1, 0.15) is 40.5 Å². The third-order valence-electron chi connectivity index (χ3n) is 2.45. The maximum absolute atomic E-state index is 11.8. The molecule has 0 rings (SSSR count). The van der Waals surface area contributed by atoms with E-state index in [4.69, 9.17) is 9.47 Å². The van der Waals surface area contributed by atoms with Gasteiger partial charge in [0.25, 0.3) is 0 Å². The first-order chi connectivity index (χ1) is 8.95. The molecule has 0 spiro atoms. The molecule has 0 aliphatic rings. The normalized spacial score (nSPS) is 13.1. The molecule has 7 nitrogen and oxygen atoms in total. The van der Waals surface area contributed by atoms with E-state index in [0.29, 0.717) is 19.1 Å². The number of carbonyl (C=O) groups excluding carboxylic acids is 3. The van der Waals surface area contributed by atoms with Crippen molar-refractivity contribution in [2.45, 2.75) is 46.1 Å². The fourth-order valence-corrected chi connectivity index (χ4v) is 1.55. The lowest BCUT2D eigenvalue weighted by Gasteiger charge is -2.35. The second kappa shape index (κ2) is 8.34. The average molecular weight is 274 g/mol. The molecule has 110 valence electrons. The zero-order chi connectivity index (χ0) is 14.9. The third-order valence-corrected chi connectivity index (χ3v) is 2.45. The predicted molar refractivity (Wildman–Crippen MR) is 68.4 cm³/mol. The van der Waals surface area contributed by atoms with Crippen molar-refractivity contribution in [3.8, 4) is 0 Å². The lowest BCUT2D eigenvalue weighted by atomic mass is 9.98. The molecular formula is C12H22N2O5. The number of hydrogen-bond donors (Lipinski definition) is 1. The monoisotopic (exact) mass is 274 g/mol. The van der Waals surface area contributed by atoms with Crippen LogP contribution in [0.2, 0.25) is 0 Å². The third kappa shape index (κ3) is 5.15. The molecule has 0 heterocycles. The summed E-state index contributed by atoms with van der Waals surface area (Å²) in [5.41, 5.74) is 1.07. The molecule has 0 saturated carbocycles. The van der Waals surface area contributed by atoms with Crippen LogP contribution < -0.4 is 5.43 Å². The van der Waals surface area contributed by atoms with Crippen LogP contribution >= 0.6 is 0 Å². The first-order valence-corrected chi connectivity index (χ1v) is 6.31. The molecule has 1 unspecified atom stereocenters. The zero-order valence-electron chi connectivity index (χ0n) is 11.9. The molecule has 0 aliphatic carbocycles. The molecule has 0 fully saturated rings. The number of nitrogens with one attached hydrogen (secondary N) is 1. The summed E-state index contributed by atoms with van der Waals surface area (Å²) in [6.45, 7) is 6.99. The number of nitrogens with zero attached hydrogens (tertiary/aromatic N) is 1. The highest BCUT2D eigenvalue weighted by Crippen LogP contribution is 2.18. The topological polar surface area (TPSA) is 84.9 Å². The van der Waals surface area contributed by atoms with Crippen molar-refractivity contribution < 1.29 is 23.9 Å². The van der Waals surface area contributed by atoms with E-state index >= 15 is 0 Å². The van der Waals surface area contributed by atoms with Crippen LogP contribution in [-0.4, -0.2) is 42.2 Å². The van der Waals surface area contributed by atoms with Crippen molar-refractivity contribution in [1.82, 2.24) is 10.4 Å². The van der Waals surface area contributed by atoms with Gasteiger partial charge in [-0.25, -0.2) is 20.0 Å². The van der Waals surface area contributed by atoms with Crippen molar-refractivity contribution in [2.75, 3.05) is 13.2 Å². The summed E-state index contributed by atoms with van der Waals surface area (Å²) in [5.74, 6) is 0. The number of rotatable bonds is 6. The van der Waals surface area contributed by atoms with Crippen LogP contribution in [0, 0.1) is 0 Å². The molecule has 7 heteroatoms. The van der Waals surface area contributed by atoms with Gasteiger partial charge in [0.2, 0.25) is 0 Å². The average Bonchev–Trinajstić information content (AvgIpc) is 2.36. The molecule has 0 aromatic heterocycles. The summed E-state index contributed by atoms with van der Waals surface area (Å²) in [5, 5.41) is 0.880. The first kappa shape index (κ1) is 17.2. The Balaban J connectivity index is 5.07. The maximum atomic E-state index is 11.8. The number of hydrogen-bond acceptors (Lipinski definition) is 5. The highest BCUT2D eigenvalue weighted by atomic mass is 16.6. The van der Waals surface area contributed by atoms with Gasteiger partial charge < -0.3 is 14.3 Å². The number of amides is 2.